The molecule has 3 rings (SSSR count). The van der Waals surface area contributed by atoms with E-state index in [9.17, 15) is 13.2 Å². The molecule has 0 aliphatic carbocycles. The number of anilines is 1. The zero-order valence-electron chi connectivity index (χ0n) is 12.4. The molecule has 122 valence electrons. The van der Waals surface area contributed by atoms with Crippen LogP contribution >= 0.6 is 0 Å². The highest BCUT2D eigenvalue weighted by Gasteiger charge is 2.37. The molecule has 1 unspecified atom stereocenters. The van der Waals surface area contributed by atoms with Crippen molar-refractivity contribution in [3.63, 3.8) is 0 Å². The van der Waals surface area contributed by atoms with Crippen LogP contribution in [0.3, 0.4) is 0 Å². The lowest BCUT2D eigenvalue weighted by Crippen LogP contribution is -2.27. The quantitative estimate of drug-likeness (QED) is 0.869. The normalized spacial score (nSPS) is 18.3. The minimum absolute atomic E-state index is 0.0593. The van der Waals surface area contributed by atoms with Crippen LogP contribution in [0.2, 0.25) is 0 Å². The van der Waals surface area contributed by atoms with Crippen molar-refractivity contribution in [2.75, 3.05) is 18.0 Å². The van der Waals surface area contributed by atoms with Gasteiger partial charge in [-0.1, -0.05) is 0 Å². The second-order valence-corrected chi connectivity index (χ2v) is 5.39. The van der Waals surface area contributed by atoms with Crippen LogP contribution in [0, 0.1) is 6.92 Å². The van der Waals surface area contributed by atoms with Gasteiger partial charge in [-0.15, -0.1) is 0 Å². The number of ether oxygens (including phenoxy) is 1. The SMILES string of the molecule is Cc1cnc(OC2CCN(c3ncccc3C(F)(F)F)C2)nc1. The molecule has 0 N–H and O–H groups in total. The second kappa shape index (κ2) is 6.02. The first kappa shape index (κ1) is 15.5. The van der Waals surface area contributed by atoms with Crippen molar-refractivity contribution in [3.05, 3.63) is 41.9 Å². The maximum absolute atomic E-state index is 13.1. The number of halogens is 3. The van der Waals surface area contributed by atoms with Crippen molar-refractivity contribution in [3.8, 4) is 6.01 Å². The second-order valence-electron chi connectivity index (χ2n) is 5.39. The summed E-state index contributed by atoms with van der Waals surface area (Å²) in [5.41, 5.74) is 0.181. The topological polar surface area (TPSA) is 51.1 Å². The molecule has 0 amide bonds. The molecule has 2 aromatic rings. The monoisotopic (exact) mass is 324 g/mol. The number of hydrogen-bond acceptors (Lipinski definition) is 5. The van der Waals surface area contributed by atoms with Gasteiger partial charge in [0.25, 0.3) is 0 Å². The molecule has 5 nitrogen and oxygen atoms in total. The van der Waals surface area contributed by atoms with E-state index in [0.717, 1.165) is 11.6 Å². The third-order valence-electron chi connectivity index (χ3n) is 3.57. The molecule has 0 radical (unpaired) electrons. The lowest BCUT2D eigenvalue weighted by molar-refractivity contribution is -0.137. The maximum atomic E-state index is 13.1. The van der Waals surface area contributed by atoms with E-state index in [1.165, 1.54) is 12.3 Å². The Balaban J connectivity index is 1.72. The third-order valence-corrected chi connectivity index (χ3v) is 3.57. The van der Waals surface area contributed by atoms with Crippen LogP contribution in [0.15, 0.2) is 30.7 Å². The van der Waals surface area contributed by atoms with E-state index in [4.69, 9.17) is 4.74 Å². The third kappa shape index (κ3) is 3.52. The Morgan fingerprint density at radius 1 is 1.22 bits per heavy atom. The number of hydrogen-bond donors (Lipinski definition) is 0. The van der Waals surface area contributed by atoms with E-state index < -0.39 is 11.7 Å². The Bertz CT molecular complexity index is 675. The van der Waals surface area contributed by atoms with E-state index in [-0.39, 0.29) is 17.9 Å². The molecule has 0 spiro atoms. The maximum Gasteiger partial charge on any atom is 0.419 e. The highest BCUT2D eigenvalue weighted by Crippen LogP contribution is 2.36. The Kier molecular flexibility index (Phi) is 4.06. The van der Waals surface area contributed by atoms with Crippen molar-refractivity contribution in [2.24, 2.45) is 0 Å². The first-order valence-corrected chi connectivity index (χ1v) is 7.16. The summed E-state index contributed by atoms with van der Waals surface area (Å²) >= 11 is 0. The van der Waals surface area contributed by atoms with E-state index in [2.05, 4.69) is 15.0 Å². The van der Waals surface area contributed by atoms with Gasteiger partial charge in [0.1, 0.15) is 11.9 Å². The summed E-state index contributed by atoms with van der Waals surface area (Å²) in [6.45, 7) is 2.62. The standard InChI is InChI=1S/C15H15F3N4O/c1-10-7-20-14(21-8-10)23-11-4-6-22(9-11)13-12(15(16,17)18)3-2-5-19-13/h2-3,5,7-8,11H,4,6,9H2,1H3. The number of pyridine rings is 1. The van der Waals surface area contributed by atoms with Crippen molar-refractivity contribution >= 4 is 5.82 Å². The van der Waals surface area contributed by atoms with Gasteiger partial charge in [0, 0.05) is 31.6 Å². The van der Waals surface area contributed by atoms with Gasteiger partial charge in [0.05, 0.1) is 12.1 Å². The molecule has 3 heterocycles. The molecule has 0 saturated carbocycles. The van der Waals surface area contributed by atoms with Crippen LogP contribution in [0.25, 0.3) is 0 Å². The Hall–Kier alpha value is -2.38. The Morgan fingerprint density at radius 3 is 2.65 bits per heavy atom. The first-order valence-electron chi connectivity index (χ1n) is 7.16. The molecular formula is C15H15F3N4O. The predicted molar refractivity (Wildman–Crippen MR) is 77.3 cm³/mol. The van der Waals surface area contributed by atoms with Crippen LogP contribution in [-0.4, -0.2) is 34.1 Å². The Morgan fingerprint density at radius 2 is 1.96 bits per heavy atom. The van der Waals surface area contributed by atoms with Gasteiger partial charge in [0.15, 0.2) is 0 Å². The van der Waals surface area contributed by atoms with Gasteiger partial charge in [-0.2, -0.15) is 13.2 Å². The van der Waals surface area contributed by atoms with Crippen LogP contribution in [0.5, 0.6) is 6.01 Å². The average Bonchev–Trinajstić information content (AvgIpc) is 2.97. The lowest BCUT2D eigenvalue weighted by atomic mass is 10.2. The zero-order valence-corrected chi connectivity index (χ0v) is 12.4. The summed E-state index contributed by atoms with van der Waals surface area (Å²) in [6.07, 6.45) is 0.529. The highest BCUT2D eigenvalue weighted by atomic mass is 19.4. The van der Waals surface area contributed by atoms with Crippen molar-refractivity contribution in [1.29, 1.82) is 0 Å². The number of aromatic nitrogens is 3. The minimum atomic E-state index is -4.43. The molecular weight excluding hydrogens is 309 g/mol. The van der Waals surface area contributed by atoms with Crippen LogP contribution in [-0.2, 0) is 6.18 Å². The molecule has 1 saturated heterocycles. The summed E-state index contributed by atoms with van der Waals surface area (Å²) in [4.78, 5) is 13.6. The summed E-state index contributed by atoms with van der Waals surface area (Å²) in [7, 11) is 0. The summed E-state index contributed by atoms with van der Waals surface area (Å²) in [6, 6.07) is 2.57. The molecule has 0 aromatic carbocycles. The van der Waals surface area contributed by atoms with Crippen molar-refractivity contribution in [1.82, 2.24) is 15.0 Å². The number of rotatable bonds is 3. The number of aryl methyl sites for hydroxylation is 1. The molecule has 0 bridgehead atoms. The van der Waals surface area contributed by atoms with Crippen molar-refractivity contribution < 1.29 is 17.9 Å². The first-order chi connectivity index (χ1) is 10.9. The fraction of sp³-hybridized carbons (Fsp3) is 0.400. The number of alkyl halides is 3. The smallest absolute Gasteiger partial charge is 0.419 e. The van der Waals surface area contributed by atoms with E-state index in [1.54, 1.807) is 17.3 Å². The van der Waals surface area contributed by atoms with Gasteiger partial charge >= 0.3 is 12.2 Å². The zero-order chi connectivity index (χ0) is 16.4. The molecule has 23 heavy (non-hydrogen) atoms. The highest BCUT2D eigenvalue weighted by molar-refractivity contribution is 5.49. The van der Waals surface area contributed by atoms with Crippen LogP contribution < -0.4 is 9.64 Å². The average molecular weight is 324 g/mol. The van der Waals surface area contributed by atoms with Crippen LogP contribution in [0.4, 0.5) is 19.0 Å². The van der Waals surface area contributed by atoms with Gasteiger partial charge < -0.3 is 9.64 Å². The number of nitrogens with zero attached hydrogens (tertiary/aromatic N) is 4. The van der Waals surface area contributed by atoms with E-state index >= 15 is 0 Å². The fourth-order valence-corrected chi connectivity index (χ4v) is 2.48. The molecule has 1 aliphatic heterocycles. The fourth-order valence-electron chi connectivity index (χ4n) is 2.48. The van der Waals surface area contributed by atoms with E-state index in [1.807, 2.05) is 6.92 Å². The van der Waals surface area contributed by atoms with Crippen LogP contribution in [0.1, 0.15) is 17.5 Å². The Labute approximate surface area is 131 Å². The molecule has 1 fully saturated rings. The van der Waals surface area contributed by atoms with Gasteiger partial charge in [0.2, 0.25) is 0 Å². The van der Waals surface area contributed by atoms with Gasteiger partial charge in [-0.25, -0.2) is 15.0 Å². The summed E-state index contributed by atoms with van der Waals surface area (Å²) < 4.78 is 44.8. The summed E-state index contributed by atoms with van der Waals surface area (Å²) in [5.74, 6) is -0.0593. The molecule has 1 atom stereocenters. The van der Waals surface area contributed by atoms with E-state index in [0.29, 0.717) is 19.5 Å². The molecule has 8 heteroatoms. The summed E-state index contributed by atoms with van der Waals surface area (Å²) in [5, 5.41) is 0. The molecule has 1 aliphatic rings. The minimum Gasteiger partial charge on any atom is -0.458 e. The molecule has 2 aromatic heterocycles. The van der Waals surface area contributed by atoms with Gasteiger partial charge in [-0.05, 0) is 24.6 Å². The van der Waals surface area contributed by atoms with Crippen molar-refractivity contribution in [2.45, 2.75) is 25.6 Å². The van der Waals surface area contributed by atoms with Gasteiger partial charge in [-0.3, -0.25) is 0 Å². The largest absolute Gasteiger partial charge is 0.458 e. The lowest BCUT2D eigenvalue weighted by Gasteiger charge is -2.21. The predicted octanol–water partition coefficient (Wildman–Crippen LogP) is 2.86.